The third-order valence-electron chi connectivity index (χ3n) is 8.48. The fourth-order valence-corrected chi connectivity index (χ4v) is 7.34. The number of amides is 4. The van der Waals surface area contributed by atoms with Crippen molar-refractivity contribution in [1.29, 1.82) is 0 Å². The van der Waals surface area contributed by atoms with Crippen molar-refractivity contribution >= 4 is 79.3 Å². The Kier molecular flexibility index (Phi) is 7.92. The molecule has 1 atom stereocenters. The van der Waals surface area contributed by atoms with Crippen LogP contribution in [0, 0.1) is 5.82 Å². The van der Waals surface area contributed by atoms with Crippen LogP contribution in [0.3, 0.4) is 0 Å². The maximum atomic E-state index is 15.4. The number of carbonyl (C=O) groups is 4. The van der Waals surface area contributed by atoms with E-state index >= 15 is 4.39 Å². The van der Waals surface area contributed by atoms with Gasteiger partial charge in [0, 0.05) is 36.4 Å². The van der Waals surface area contributed by atoms with Gasteiger partial charge in [0.05, 0.1) is 17.5 Å². The molecule has 0 spiro atoms. The number of anilines is 4. The predicted molar refractivity (Wildman–Crippen MR) is 182 cm³/mol. The van der Waals surface area contributed by atoms with E-state index in [1.165, 1.54) is 39.6 Å². The number of aryl methyl sites for hydroxylation is 1. The summed E-state index contributed by atoms with van der Waals surface area (Å²) in [4.78, 5) is 66.0. The number of nitrogens with one attached hydrogen (secondary N) is 4. The molecule has 2 saturated heterocycles. The van der Waals surface area contributed by atoms with Gasteiger partial charge in [0.2, 0.25) is 17.7 Å². The first-order chi connectivity index (χ1) is 23.8. The highest BCUT2D eigenvalue weighted by Crippen LogP contribution is 2.50. The molecule has 4 heterocycles. The Bertz CT molecular complexity index is 2320. The van der Waals surface area contributed by atoms with Crippen LogP contribution in [-0.2, 0) is 32.6 Å². The number of phenols is 1. The van der Waals surface area contributed by atoms with E-state index in [1.807, 2.05) is 4.72 Å². The number of rotatable bonds is 7. The normalized spacial score (nSPS) is 17.9. The van der Waals surface area contributed by atoms with E-state index in [1.54, 1.807) is 37.4 Å². The topological polar surface area (TPSA) is 220 Å². The lowest BCUT2D eigenvalue weighted by atomic mass is 10.1. The number of pyridine rings is 1. The van der Waals surface area contributed by atoms with E-state index < -0.39 is 58.5 Å². The molecular weight excluding hydrogens is 675 g/mol. The molecule has 2 aromatic heterocycles. The van der Waals surface area contributed by atoms with Gasteiger partial charge in [-0.1, -0.05) is 6.07 Å². The molecule has 16 nitrogen and oxygen atoms in total. The molecule has 5 aromatic rings. The highest BCUT2D eigenvalue weighted by Gasteiger charge is 2.38. The smallest absolute Gasteiger partial charge is 0.329 e. The van der Waals surface area contributed by atoms with E-state index in [0.717, 1.165) is 0 Å². The van der Waals surface area contributed by atoms with E-state index in [4.69, 9.17) is 0 Å². The number of benzene rings is 3. The van der Waals surface area contributed by atoms with E-state index in [-0.39, 0.29) is 41.6 Å². The Labute approximate surface area is 283 Å². The van der Waals surface area contributed by atoms with E-state index in [2.05, 4.69) is 20.9 Å². The van der Waals surface area contributed by atoms with Crippen LogP contribution in [-0.4, -0.2) is 58.5 Å². The summed E-state index contributed by atoms with van der Waals surface area (Å²) in [5.74, 6) is -3.14. The Morgan fingerprint density at radius 3 is 2.50 bits per heavy atom. The maximum Gasteiger partial charge on any atom is 0.329 e. The van der Waals surface area contributed by atoms with Gasteiger partial charge in [0.15, 0.2) is 5.82 Å². The number of carbonyl (C=O) groups excluding carboxylic acids is 4. The Morgan fingerprint density at radius 2 is 1.80 bits per heavy atom. The fourth-order valence-electron chi connectivity index (χ4n) is 6.13. The lowest BCUT2D eigenvalue weighted by molar-refractivity contribution is -0.135. The van der Waals surface area contributed by atoms with Crippen LogP contribution in [0.2, 0.25) is 0 Å². The molecule has 7 rings (SSSR count). The number of nitrogens with zero attached hydrogens (tertiary/aromatic N) is 4. The highest BCUT2D eigenvalue weighted by atomic mass is 32.3. The van der Waals surface area contributed by atoms with Crippen molar-refractivity contribution < 1.29 is 37.8 Å². The summed E-state index contributed by atoms with van der Waals surface area (Å²) in [5, 5.41) is 18.9. The molecule has 50 heavy (non-hydrogen) atoms. The number of phenolic OH excluding ortho intramolecular Hbond substituents is 1. The van der Waals surface area contributed by atoms with Crippen molar-refractivity contribution in [2.24, 2.45) is 7.05 Å². The summed E-state index contributed by atoms with van der Waals surface area (Å²) in [7, 11) is -2.26. The monoisotopic (exact) mass is 704 g/mol. The number of piperidine rings is 1. The number of aromatic hydroxyl groups is 1. The van der Waals surface area contributed by atoms with Gasteiger partial charge in [0.25, 0.3) is 5.91 Å². The summed E-state index contributed by atoms with van der Waals surface area (Å²) >= 11 is 0. The van der Waals surface area contributed by atoms with Crippen LogP contribution in [0.25, 0.3) is 21.8 Å². The van der Waals surface area contributed by atoms with Gasteiger partial charge in [-0.15, -0.1) is 0 Å². The molecule has 258 valence electrons. The molecule has 2 aliphatic rings. The number of hydrogen-bond donors (Lipinski definition) is 7. The summed E-state index contributed by atoms with van der Waals surface area (Å²) in [6.07, 6.45) is 1.85. The standard InChI is InChI=1S/C32H29FN8O8S/c1-39-23-13-19(4-6-21(23)41(32(39)47)22-7-9-26(43)37-31(22)46)35-25-8-2-16(14-34-25)10-27(44)36-18-3-5-20-17(11-18)12-24(42)30(29(20)33)40-15-28(45)38-50(40,48)49/h2-6,8,11-14,22,42,48-49H,7,9-10,15H2,1H3,(H,34,35)(H,36,44)(H,38,45)(H,37,43,46). The second-order valence-electron chi connectivity index (χ2n) is 11.9. The number of aromatic nitrogens is 3. The molecule has 18 heteroatoms. The van der Waals surface area contributed by atoms with E-state index in [9.17, 15) is 38.2 Å². The molecule has 0 radical (unpaired) electrons. The van der Waals surface area contributed by atoms with Crippen molar-refractivity contribution in [2.45, 2.75) is 25.3 Å². The van der Waals surface area contributed by atoms with Gasteiger partial charge in [-0.3, -0.25) is 42.7 Å². The van der Waals surface area contributed by atoms with Gasteiger partial charge in [-0.05, 0) is 76.9 Å². The fraction of sp³-hybridized carbons (Fsp3) is 0.188. The van der Waals surface area contributed by atoms with Gasteiger partial charge in [0.1, 0.15) is 29.8 Å². The second-order valence-corrected chi connectivity index (χ2v) is 13.5. The highest BCUT2D eigenvalue weighted by molar-refractivity contribution is 8.24. The molecule has 4 amide bonds. The minimum atomic E-state index is -3.86. The number of imide groups is 1. The molecule has 2 aliphatic heterocycles. The van der Waals surface area contributed by atoms with Gasteiger partial charge < -0.3 is 15.7 Å². The maximum absolute atomic E-state index is 15.4. The number of hydrogen-bond acceptors (Lipinski definition) is 11. The first-order valence-corrected chi connectivity index (χ1v) is 16.7. The second kappa shape index (κ2) is 12.2. The SMILES string of the molecule is Cn1c(=O)n(C2CCC(=O)NC2=O)c2ccc(Nc3ccc(CC(=O)Nc4ccc5c(F)c(N6CC(=O)NS6(O)O)c(O)cc5c4)cn3)cc21. The number of fused-ring (bicyclic) bond motifs is 2. The Morgan fingerprint density at radius 1 is 1.02 bits per heavy atom. The molecule has 3 aromatic carbocycles. The average Bonchev–Trinajstić information content (AvgIpc) is 3.46. The first kappa shape index (κ1) is 32.6. The molecule has 0 aliphatic carbocycles. The van der Waals surface area contributed by atoms with Crippen molar-refractivity contribution in [2.75, 3.05) is 21.5 Å². The largest absolute Gasteiger partial charge is 0.506 e. The van der Waals surface area contributed by atoms with Crippen LogP contribution in [0.5, 0.6) is 5.75 Å². The molecule has 7 N–H and O–H groups in total. The third kappa shape index (κ3) is 5.84. The lowest BCUT2D eigenvalue weighted by Gasteiger charge is -2.36. The van der Waals surface area contributed by atoms with Gasteiger partial charge >= 0.3 is 5.69 Å². The van der Waals surface area contributed by atoms with Gasteiger partial charge in [-0.2, -0.15) is 0 Å². The molecular formula is C32H29FN8O8S. The van der Waals surface area contributed by atoms with Crippen LogP contribution in [0.15, 0.2) is 65.6 Å². The summed E-state index contributed by atoms with van der Waals surface area (Å²) in [6.45, 7) is -0.556. The summed E-state index contributed by atoms with van der Waals surface area (Å²) in [5.41, 5.74) is 1.73. The first-order valence-electron chi connectivity index (χ1n) is 15.2. The zero-order chi connectivity index (χ0) is 35.5. The Balaban J connectivity index is 1.02. The number of halogens is 1. The summed E-state index contributed by atoms with van der Waals surface area (Å²) < 4.78 is 41.1. The predicted octanol–water partition coefficient (Wildman–Crippen LogP) is 3.15. The molecule has 0 saturated carbocycles. The van der Waals surface area contributed by atoms with Crippen LogP contribution < -0.4 is 30.7 Å². The minimum Gasteiger partial charge on any atom is -0.506 e. The van der Waals surface area contributed by atoms with E-state index in [0.29, 0.717) is 38.1 Å². The molecule has 1 unspecified atom stereocenters. The zero-order valence-electron chi connectivity index (χ0n) is 26.1. The van der Waals surface area contributed by atoms with Gasteiger partial charge in [-0.25, -0.2) is 23.2 Å². The average molecular weight is 705 g/mol. The van der Waals surface area contributed by atoms with Crippen LogP contribution in [0.1, 0.15) is 24.4 Å². The Hall–Kier alpha value is -5.98. The molecule has 2 fully saturated rings. The minimum absolute atomic E-state index is 0.0193. The molecule has 0 bridgehead atoms. The zero-order valence-corrected chi connectivity index (χ0v) is 27.0. The summed E-state index contributed by atoms with van der Waals surface area (Å²) in [6, 6.07) is 13.2. The van der Waals surface area contributed by atoms with Crippen molar-refractivity contribution in [3.63, 3.8) is 0 Å². The number of imidazole rings is 1. The van der Waals surface area contributed by atoms with Crippen LogP contribution >= 0.6 is 11.0 Å². The quantitative estimate of drug-likeness (QED) is 0.122. The van der Waals surface area contributed by atoms with Crippen molar-refractivity contribution in [1.82, 2.24) is 24.2 Å². The lowest BCUT2D eigenvalue weighted by Crippen LogP contribution is -2.44. The van der Waals surface area contributed by atoms with Crippen LogP contribution in [0.4, 0.5) is 27.3 Å². The third-order valence-corrected chi connectivity index (χ3v) is 9.91. The van der Waals surface area contributed by atoms with Crippen molar-refractivity contribution in [3.8, 4) is 5.75 Å². The van der Waals surface area contributed by atoms with Crippen molar-refractivity contribution in [3.05, 3.63) is 82.7 Å².